The first-order valence-corrected chi connectivity index (χ1v) is 6.15. The number of ether oxygens (including phenoxy) is 2. The van der Waals surface area contributed by atoms with Gasteiger partial charge in [-0.2, -0.15) is 0 Å². The SMILES string of the molecule is ClCc1cnc(OCC2CCCO2)c(Cl)c1. The number of hydrogen-bond acceptors (Lipinski definition) is 3. The predicted molar refractivity (Wildman–Crippen MR) is 63.3 cm³/mol. The van der Waals surface area contributed by atoms with Crippen LogP contribution in [0.1, 0.15) is 18.4 Å². The van der Waals surface area contributed by atoms with Crippen molar-refractivity contribution in [3.63, 3.8) is 0 Å². The zero-order chi connectivity index (χ0) is 11.4. The van der Waals surface area contributed by atoms with E-state index in [1.807, 2.05) is 0 Å². The van der Waals surface area contributed by atoms with Gasteiger partial charge in [-0.3, -0.25) is 0 Å². The summed E-state index contributed by atoms with van der Waals surface area (Å²) in [6.45, 7) is 1.33. The fraction of sp³-hybridized carbons (Fsp3) is 0.545. The zero-order valence-electron chi connectivity index (χ0n) is 8.79. The van der Waals surface area contributed by atoms with Crippen molar-refractivity contribution < 1.29 is 9.47 Å². The molecule has 1 aliphatic heterocycles. The van der Waals surface area contributed by atoms with E-state index in [4.69, 9.17) is 32.7 Å². The molecule has 1 aromatic rings. The van der Waals surface area contributed by atoms with Crippen LogP contribution in [-0.4, -0.2) is 24.3 Å². The maximum absolute atomic E-state index is 6.01. The normalized spacial score (nSPS) is 20.0. The molecule has 0 N–H and O–H groups in total. The first-order valence-electron chi connectivity index (χ1n) is 5.24. The maximum Gasteiger partial charge on any atom is 0.232 e. The Bertz CT molecular complexity index is 354. The van der Waals surface area contributed by atoms with E-state index in [0.717, 1.165) is 25.0 Å². The van der Waals surface area contributed by atoms with Crippen LogP contribution < -0.4 is 4.74 Å². The van der Waals surface area contributed by atoms with Gasteiger partial charge in [0.1, 0.15) is 11.6 Å². The summed E-state index contributed by atoms with van der Waals surface area (Å²) in [4.78, 5) is 4.12. The zero-order valence-corrected chi connectivity index (χ0v) is 10.3. The molecule has 0 aliphatic carbocycles. The van der Waals surface area contributed by atoms with Crippen LogP contribution in [0.5, 0.6) is 5.88 Å². The highest BCUT2D eigenvalue weighted by Crippen LogP contribution is 2.24. The minimum atomic E-state index is 0.172. The molecule has 1 unspecified atom stereocenters. The molecule has 5 heteroatoms. The van der Waals surface area contributed by atoms with E-state index in [2.05, 4.69) is 4.98 Å². The highest BCUT2D eigenvalue weighted by atomic mass is 35.5. The third-order valence-electron chi connectivity index (χ3n) is 2.45. The molecule has 2 heterocycles. The smallest absolute Gasteiger partial charge is 0.232 e. The van der Waals surface area contributed by atoms with Gasteiger partial charge in [-0.25, -0.2) is 4.98 Å². The molecule has 1 atom stereocenters. The van der Waals surface area contributed by atoms with E-state index < -0.39 is 0 Å². The average molecular weight is 262 g/mol. The molecule has 0 saturated carbocycles. The van der Waals surface area contributed by atoms with Crippen molar-refractivity contribution in [3.8, 4) is 5.88 Å². The number of alkyl halides is 1. The Hall–Kier alpha value is -0.510. The second-order valence-corrected chi connectivity index (χ2v) is 4.38. The van der Waals surface area contributed by atoms with E-state index >= 15 is 0 Å². The summed E-state index contributed by atoms with van der Waals surface area (Å²) in [6.07, 6.45) is 3.98. The van der Waals surface area contributed by atoms with Gasteiger partial charge in [-0.05, 0) is 24.5 Å². The van der Waals surface area contributed by atoms with Gasteiger partial charge in [0.15, 0.2) is 0 Å². The fourth-order valence-corrected chi connectivity index (χ4v) is 1.98. The van der Waals surface area contributed by atoms with Crippen molar-refractivity contribution in [2.45, 2.75) is 24.8 Å². The van der Waals surface area contributed by atoms with Crippen LogP contribution in [0.15, 0.2) is 12.3 Å². The topological polar surface area (TPSA) is 31.4 Å². The first kappa shape index (κ1) is 12.0. The van der Waals surface area contributed by atoms with Gasteiger partial charge in [0.25, 0.3) is 0 Å². The Morgan fingerprint density at radius 3 is 3.06 bits per heavy atom. The molecule has 1 saturated heterocycles. The summed E-state index contributed by atoms with van der Waals surface area (Å²) in [7, 11) is 0. The van der Waals surface area contributed by atoms with Gasteiger partial charge in [0, 0.05) is 18.7 Å². The Morgan fingerprint density at radius 2 is 2.44 bits per heavy atom. The number of pyridine rings is 1. The number of rotatable bonds is 4. The molecule has 0 aromatic carbocycles. The van der Waals surface area contributed by atoms with Crippen molar-refractivity contribution in [2.75, 3.05) is 13.2 Å². The average Bonchev–Trinajstić information content (AvgIpc) is 2.80. The van der Waals surface area contributed by atoms with Crippen LogP contribution in [0.4, 0.5) is 0 Å². The molecule has 2 rings (SSSR count). The third-order valence-corrected chi connectivity index (χ3v) is 3.03. The summed E-state index contributed by atoms with van der Waals surface area (Å²) < 4.78 is 11.0. The standard InChI is InChI=1S/C11H13Cl2NO2/c12-5-8-4-10(13)11(14-6-8)16-7-9-2-1-3-15-9/h4,6,9H,1-3,5,7H2. The molecule has 16 heavy (non-hydrogen) atoms. The van der Waals surface area contributed by atoms with Crippen molar-refractivity contribution in [3.05, 3.63) is 22.8 Å². The summed E-state index contributed by atoms with van der Waals surface area (Å²) >= 11 is 11.7. The summed E-state index contributed by atoms with van der Waals surface area (Å²) in [6, 6.07) is 1.77. The van der Waals surface area contributed by atoms with E-state index in [9.17, 15) is 0 Å². The van der Waals surface area contributed by atoms with Crippen LogP contribution in [-0.2, 0) is 10.6 Å². The number of aromatic nitrogens is 1. The second kappa shape index (κ2) is 5.71. The van der Waals surface area contributed by atoms with Gasteiger partial charge in [-0.1, -0.05) is 11.6 Å². The van der Waals surface area contributed by atoms with Gasteiger partial charge < -0.3 is 9.47 Å². The molecule has 0 radical (unpaired) electrons. The van der Waals surface area contributed by atoms with Crippen molar-refractivity contribution in [1.82, 2.24) is 4.98 Å². The molecular formula is C11H13Cl2NO2. The van der Waals surface area contributed by atoms with Crippen LogP contribution in [0, 0.1) is 0 Å². The van der Waals surface area contributed by atoms with Gasteiger partial charge in [0.05, 0.1) is 6.10 Å². The summed E-state index contributed by atoms with van der Waals surface area (Å²) in [5, 5.41) is 0.496. The molecule has 0 amide bonds. The molecular weight excluding hydrogens is 249 g/mol. The Balaban J connectivity index is 1.93. The predicted octanol–water partition coefficient (Wildman–Crippen LogP) is 3.03. The number of hydrogen-bond donors (Lipinski definition) is 0. The van der Waals surface area contributed by atoms with Crippen LogP contribution in [0.3, 0.4) is 0 Å². The second-order valence-electron chi connectivity index (χ2n) is 3.71. The van der Waals surface area contributed by atoms with Gasteiger partial charge >= 0.3 is 0 Å². The lowest BCUT2D eigenvalue weighted by atomic mass is 10.2. The van der Waals surface area contributed by atoms with E-state index in [1.54, 1.807) is 12.3 Å². The lowest BCUT2D eigenvalue weighted by Crippen LogP contribution is -2.16. The van der Waals surface area contributed by atoms with Crippen LogP contribution in [0.2, 0.25) is 5.02 Å². The molecule has 88 valence electrons. The van der Waals surface area contributed by atoms with E-state index in [0.29, 0.717) is 23.4 Å². The molecule has 1 fully saturated rings. The largest absolute Gasteiger partial charge is 0.474 e. The molecule has 0 spiro atoms. The minimum absolute atomic E-state index is 0.172. The Labute approximate surface area is 105 Å². The highest BCUT2D eigenvalue weighted by molar-refractivity contribution is 6.32. The Kier molecular flexibility index (Phi) is 4.27. The van der Waals surface area contributed by atoms with Crippen LogP contribution >= 0.6 is 23.2 Å². The lowest BCUT2D eigenvalue weighted by molar-refractivity contribution is 0.0664. The molecule has 0 bridgehead atoms. The molecule has 3 nitrogen and oxygen atoms in total. The van der Waals surface area contributed by atoms with Gasteiger partial charge in [-0.15, -0.1) is 11.6 Å². The highest BCUT2D eigenvalue weighted by Gasteiger charge is 2.17. The van der Waals surface area contributed by atoms with E-state index in [-0.39, 0.29) is 6.10 Å². The minimum Gasteiger partial charge on any atom is -0.474 e. The fourth-order valence-electron chi connectivity index (χ4n) is 1.59. The van der Waals surface area contributed by atoms with Gasteiger partial charge in [0.2, 0.25) is 5.88 Å². The van der Waals surface area contributed by atoms with Crippen molar-refractivity contribution >= 4 is 23.2 Å². The lowest BCUT2D eigenvalue weighted by Gasteiger charge is -2.11. The monoisotopic (exact) mass is 261 g/mol. The van der Waals surface area contributed by atoms with Crippen LogP contribution in [0.25, 0.3) is 0 Å². The maximum atomic E-state index is 6.01. The van der Waals surface area contributed by atoms with E-state index in [1.165, 1.54) is 0 Å². The quantitative estimate of drug-likeness (QED) is 0.781. The first-order chi connectivity index (χ1) is 7.79. The summed E-state index contributed by atoms with van der Waals surface area (Å²) in [5.41, 5.74) is 0.885. The third kappa shape index (κ3) is 3.00. The number of nitrogens with zero attached hydrogens (tertiary/aromatic N) is 1. The number of halogens is 2. The molecule has 1 aliphatic rings. The Morgan fingerprint density at radius 1 is 1.56 bits per heavy atom. The molecule has 1 aromatic heterocycles. The van der Waals surface area contributed by atoms with Crippen molar-refractivity contribution in [1.29, 1.82) is 0 Å². The summed E-state index contributed by atoms with van der Waals surface area (Å²) in [5.74, 6) is 0.852. The van der Waals surface area contributed by atoms with Crippen molar-refractivity contribution in [2.24, 2.45) is 0 Å².